The summed E-state index contributed by atoms with van der Waals surface area (Å²) >= 11 is 0. The monoisotopic (exact) mass is 304 g/mol. The van der Waals surface area contributed by atoms with Crippen molar-refractivity contribution in [3.8, 4) is 0 Å². The number of amides is 1. The number of hydrogen-bond donors (Lipinski definition) is 5. The number of aromatic nitrogens is 3. The Labute approximate surface area is 123 Å². The van der Waals surface area contributed by atoms with Crippen molar-refractivity contribution in [2.75, 3.05) is 16.8 Å². The molecule has 2 aromatic rings. The molecule has 2 heterocycles. The van der Waals surface area contributed by atoms with Crippen LogP contribution < -0.4 is 22.3 Å². The van der Waals surface area contributed by atoms with Crippen LogP contribution in [0, 0.1) is 0 Å². The van der Waals surface area contributed by atoms with Gasteiger partial charge in [0.05, 0.1) is 23.9 Å². The van der Waals surface area contributed by atoms with E-state index in [4.69, 9.17) is 16.6 Å². The molecular weight excluding hydrogens is 292 g/mol. The van der Waals surface area contributed by atoms with Gasteiger partial charge >= 0.3 is 5.97 Å². The highest BCUT2D eigenvalue weighted by atomic mass is 16.4. The van der Waals surface area contributed by atoms with E-state index in [-0.39, 0.29) is 35.1 Å². The van der Waals surface area contributed by atoms with Gasteiger partial charge in [0.15, 0.2) is 0 Å². The first-order chi connectivity index (χ1) is 10.4. The summed E-state index contributed by atoms with van der Waals surface area (Å²) in [6.07, 6.45) is 0.880. The predicted octanol–water partition coefficient (Wildman–Crippen LogP) is -0.791. The smallest absolute Gasteiger partial charge is 0.354 e. The lowest BCUT2D eigenvalue weighted by Gasteiger charge is -2.06. The van der Waals surface area contributed by atoms with Crippen LogP contribution in [0.25, 0.3) is 0 Å². The van der Waals surface area contributed by atoms with Gasteiger partial charge in [0.1, 0.15) is 11.5 Å². The van der Waals surface area contributed by atoms with Gasteiger partial charge in [-0.25, -0.2) is 9.78 Å². The molecule has 0 aliphatic carbocycles. The lowest BCUT2D eigenvalue weighted by atomic mass is 10.2. The molecule has 22 heavy (non-hydrogen) atoms. The molecule has 0 spiro atoms. The molecule has 2 aromatic heterocycles. The molecule has 0 radical (unpaired) electrons. The first-order valence-electron chi connectivity index (χ1n) is 6.00. The Morgan fingerprint density at radius 3 is 2.59 bits per heavy atom. The standard InChI is InChI=1S/C12H12N6O4/c13-9-6(10(20)18-12(14)17-9)3-8(19)16-5-1-2-7(11(21)22)15-4-5/h1-2,4H,3H2,(H,16,19)(H,21,22)(H5,13,14,17,18,20). The van der Waals surface area contributed by atoms with E-state index in [1.54, 1.807) is 0 Å². The Morgan fingerprint density at radius 1 is 1.32 bits per heavy atom. The number of nitrogens with one attached hydrogen (secondary N) is 2. The second kappa shape index (κ2) is 5.91. The normalized spacial score (nSPS) is 10.2. The number of pyridine rings is 1. The molecule has 10 heteroatoms. The van der Waals surface area contributed by atoms with Crippen molar-refractivity contribution in [2.24, 2.45) is 0 Å². The number of carboxylic acid groups (broad SMARTS) is 1. The summed E-state index contributed by atoms with van der Waals surface area (Å²) in [4.78, 5) is 43.7. The van der Waals surface area contributed by atoms with E-state index in [1.165, 1.54) is 18.3 Å². The zero-order valence-electron chi connectivity index (χ0n) is 11.2. The Morgan fingerprint density at radius 2 is 2.05 bits per heavy atom. The molecule has 2 rings (SSSR count). The van der Waals surface area contributed by atoms with Crippen molar-refractivity contribution in [2.45, 2.75) is 6.42 Å². The number of nitrogens with two attached hydrogens (primary N) is 2. The number of anilines is 3. The van der Waals surface area contributed by atoms with Crippen LogP contribution in [-0.4, -0.2) is 31.9 Å². The van der Waals surface area contributed by atoms with Crippen molar-refractivity contribution in [3.63, 3.8) is 0 Å². The van der Waals surface area contributed by atoms with Crippen molar-refractivity contribution in [1.82, 2.24) is 15.0 Å². The molecule has 0 bridgehead atoms. The van der Waals surface area contributed by atoms with Crippen LogP contribution in [0.15, 0.2) is 23.1 Å². The van der Waals surface area contributed by atoms with E-state index < -0.39 is 17.4 Å². The van der Waals surface area contributed by atoms with Crippen LogP contribution >= 0.6 is 0 Å². The van der Waals surface area contributed by atoms with E-state index in [0.717, 1.165) is 0 Å². The van der Waals surface area contributed by atoms with Crippen molar-refractivity contribution >= 4 is 29.3 Å². The molecule has 0 saturated heterocycles. The molecule has 0 unspecified atom stereocenters. The van der Waals surface area contributed by atoms with Crippen LogP contribution in [0.4, 0.5) is 17.5 Å². The van der Waals surface area contributed by atoms with Gasteiger partial charge in [-0.3, -0.25) is 14.6 Å². The fourth-order valence-corrected chi connectivity index (χ4v) is 1.66. The third-order valence-corrected chi connectivity index (χ3v) is 2.67. The summed E-state index contributed by atoms with van der Waals surface area (Å²) in [6.45, 7) is 0. The minimum Gasteiger partial charge on any atom is -0.477 e. The number of nitrogen functional groups attached to an aromatic ring is 2. The minimum absolute atomic E-state index is 0.0122. The minimum atomic E-state index is -1.18. The molecule has 0 saturated carbocycles. The molecule has 0 aliphatic rings. The zero-order valence-corrected chi connectivity index (χ0v) is 11.2. The highest BCUT2D eigenvalue weighted by Gasteiger charge is 2.13. The fraction of sp³-hybridized carbons (Fsp3) is 0.0833. The first kappa shape index (κ1) is 15.0. The van der Waals surface area contributed by atoms with Gasteiger partial charge in [0.2, 0.25) is 11.9 Å². The summed E-state index contributed by atoms with van der Waals surface area (Å²) in [7, 11) is 0. The van der Waals surface area contributed by atoms with E-state index in [9.17, 15) is 14.4 Å². The van der Waals surface area contributed by atoms with Crippen LogP contribution in [0.2, 0.25) is 0 Å². The van der Waals surface area contributed by atoms with Crippen molar-refractivity contribution < 1.29 is 14.7 Å². The van der Waals surface area contributed by atoms with E-state index in [2.05, 4.69) is 20.3 Å². The van der Waals surface area contributed by atoms with Crippen LogP contribution in [0.1, 0.15) is 16.1 Å². The van der Waals surface area contributed by atoms with E-state index in [0.29, 0.717) is 0 Å². The number of H-pyrrole nitrogens is 1. The fourth-order valence-electron chi connectivity index (χ4n) is 1.66. The Hall–Kier alpha value is -3.43. The van der Waals surface area contributed by atoms with Crippen LogP contribution in [0.5, 0.6) is 0 Å². The van der Waals surface area contributed by atoms with Crippen LogP contribution in [-0.2, 0) is 11.2 Å². The van der Waals surface area contributed by atoms with Crippen LogP contribution in [0.3, 0.4) is 0 Å². The van der Waals surface area contributed by atoms with Gasteiger partial charge in [0, 0.05) is 0 Å². The highest BCUT2D eigenvalue weighted by molar-refractivity contribution is 5.93. The van der Waals surface area contributed by atoms with E-state index >= 15 is 0 Å². The molecule has 10 nitrogen and oxygen atoms in total. The quantitative estimate of drug-likeness (QED) is 0.487. The second-order valence-corrected chi connectivity index (χ2v) is 4.28. The number of carbonyl (C=O) groups excluding carboxylic acids is 1. The largest absolute Gasteiger partial charge is 0.477 e. The Balaban J connectivity index is 2.10. The molecular formula is C12H12N6O4. The maximum absolute atomic E-state index is 11.9. The molecule has 0 aromatic carbocycles. The average molecular weight is 304 g/mol. The third kappa shape index (κ3) is 3.36. The molecule has 0 fully saturated rings. The molecule has 114 valence electrons. The Bertz CT molecular complexity index is 783. The lowest BCUT2D eigenvalue weighted by molar-refractivity contribution is -0.115. The summed E-state index contributed by atoms with van der Waals surface area (Å²) < 4.78 is 0. The maximum atomic E-state index is 11.9. The summed E-state index contributed by atoms with van der Waals surface area (Å²) in [5, 5.41) is 11.2. The van der Waals surface area contributed by atoms with Gasteiger partial charge in [-0.05, 0) is 12.1 Å². The van der Waals surface area contributed by atoms with Gasteiger partial charge in [0.25, 0.3) is 5.56 Å². The van der Waals surface area contributed by atoms with Crippen molar-refractivity contribution in [3.05, 3.63) is 39.9 Å². The van der Waals surface area contributed by atoms with E-state index in [1.807, 2.05) is 0 Å². The number of carboxylic acids is 1. The van der Waals surface area contributed by atoms with Gasteiger partial charge in [-0.1, -0.05) is 0 Å². The van der Waals surface area contributed by atoms with Crippen molar-refractivity contribution in [1.29, 1.82) is 0 Å². The molecule has 0 aliphatic heterocycles. The zero-order chi connectivity index (χ0) is 16.3. The highest BCUT2D eigenvalue weighted by Crippen LogP contribution is 2.09. The van der Waals surface area contributed by atoms with Gasteiger partial charge < -0.3 is 21.9 Å². The lowest BCUT2D eigenvalue weighted by Crippen LogP contribution is -2.24. The molecule has 1 amide bonds. The molecule has 7 N–H and O–H groups in total. The average Bonchev–Trinajstić information content (AvgIpc) is 2.43. The summed E-state index contributed by atoms with van der Waals surface area (Å²) in [5.74, 6) is -1.98. The molecule has 0 atom stereocenters. The summed E-state index contributed by atoms with van der Waals surface area (Å²) in [5.41, 5.74) is 10.4. The predicted molar refractivity (Wildman–Crippen MR) is 77.2 cm³/mol. The number of aromatic amines is 1. The number of rotatable bonds is 4. The number of nitrogens with zero attached hydrogens (tertiary/aromatic N) is 2. The SMILES string of the molecule is Nc1nc(N)c(CC(=O)Nc2ccc(C(=O)O)nc2)c(=O)[nH]1. The third-order valence-electron chi connectivity index (χ3n) is 2.67. The van der Waals surface area contributed by atoms with Gasteiger partial charge in [-0.2, -0.15) is 4.98 Å². The number of hydrogen-bond acceptors (Lipinski definition) is 7. The first-order valence-corrected chi connectivity index (χ1v) is 6.00. The topological polar surface area (TPSA) is 177 Å². The maximum Gasteiger partial charge on any atom is 0.354 e. The Kier molecular flexibility index (Phi) is 4.02. The second-order valence-electron chi connectivity index (χ2n) is 4.28. The number of aromatic carboxylic acids is 1. The summed E-state index contributed by atoms with van der Waals surface area (Å²) in [6, 6.07) is 2.62. The van der Waals surface area contributed by atoms with Gasteiger partial charge in [-0.15, -0.1) is 0 Å². The number of carbonyl (C=O) groups is 2.